The van der Waals surface area contributed by atoms with Gasteiger partial charge in [0.2, 0.25) is 11.8 Å². The molecule has 2 rings (SSSR count). The highest BCUT2D eigenvalue weighted by Gasteiger charge is 2.36. The zero-order valence-corrected chi connectivity index (χ0v) is 13.1. The summed E-state index contributed by atoms with van der Waals surface area (Å²) >= 11 is 0. The van der Waals surface area contributed by atoms with E-state index in [2.05, 4.69) is 5.32 Å². The van der Waals surface area contributed by atoms with Crippen LogP contribution in [0.25, 0.3) is 0 Å². The van der Waals surface area contributed by atoms with Crippen LogP contribution in [0.15, 0.2) is 30.3 Å². The predicted octanol–water partition coefficient (Wildman–Crippen LogP) is 1.09. The third-order valence-electron chi connectivity index (χ3n) is 3.79. The molecule has 1 aliphatic heterocycles. The van der Waals surface area contributed by atoms with Crippen molar-refractivity contribution in [1.82, 2.24) is 10.2 Å². The Labute approximate surface area is 131 Å². The summed E-state index contributed by atoms with van der Waals surface area (Å²) in [6.45, 7) is 4.62. The average molecular weight is 312 g/mol. The highest BCUT2D eigenvalue weighted by Crippen LogP contribution is 2.25. The zero-order valence-electron chi connectivity index (χ0n) is 12.3. The summed E-state index contributed by atoms with van der Waals surface area (Å²) in [5, 5.41) is 2.82. The summed E-state index contributed by atoms with van der Waals surface area (Å²) in [6, 6.07) is 8.58. The Kier molecular flexibility index (Phi) is 6.18. The van der Waals surface area contributed by atoms with Gasteiger partial charge in [0, 0.05) is 19.1 Å². The van der Waals surface area contributed by atoms with Crippen molar-refractivity contribution >= 4 is 24.2 Å². The topological polar surface area (TPSA) is 75.4 Å². The van der Waals surface area contributed by atoms with Crippen molar-refractivity contribution in [2.24, 2.45) is 11.7 Å². The molecule has 0 spiro atoms. The van der Waals surface area contributed by atoms with E-state index in [1.54, 1.807) is 4.90 Å². The van der Waals surface area contributed by atoms with Crippen LogP contribution in [0.3, 0.4) is 0 Å². The molecule has 1 saturated heterocycles. The Hall–Kier alpha value is -1.59. The van der Waals surface area contributed by atoms with Crippen LogP contribution in [0, 0.1) is 5.92 Å². The number of halogens is 1. The van der Waals surface area contributed by atoms with E-state index in [4.69, 9.17) is 5.73 Å². The van der Waals surface area contributed by atoms with Gasteiger partial charge in [0.15, 0.2) is 0 Å². The lowest BCUT2D eigenvalue weighted by Crippen LogP contribution is -2.54. The molecule has 3 unspecified atom stereocenters. The van der Waals surface area contributed by atoms with Gasteiger partial charge >= 0.3 is 0 Å². The molecule has 3 N–H and O–H groups in total. The van der Waals surface area contributed by atoms with Crippen molar-refractivity contribution in [3.63, 3.8) is 0 Å². The highest BCUT2D eigenvalue weighted by molar-refractivity contribution is 5.90. The standard InChI is InChI=1S/C15H21N3O2.ClH/c1-10(11(2)16)15(20)18-9-8-17-14(19)13(18)12-6-4-3-5-7-12;/h3-7,10-11,13H,8-9,16H2,1-2H3,(H,17,19);1H. The summed E-state index contributed by atoms with van der Waals surface area (Å²) in [5.74, 6) is -0.497. The van der Waals surface area contributed by atoms with Crippen molar-refractivity contribution in [1.29, 1.82) is 0 Å². The van der Waals surface area contributed by atoms with Crippen molar-refractivity contribution in [3.05, 3.63) is 35.9 Å². The minimum absolute atomic E-state index is 0. The Morgan fingerprint density at radius 2 is 1.95 bits per heavy atom. The van der Waals surface area contributed by atoms with E-state index < -0.39 is 6.04 Å². The SMILES string of the molecule is CC(N)C(C)C(=O)N1CCNC(=O)C1c1ccccc1.Cl. The summed E-state index contributed by atoms with van der Waals surface area (Å²) in [5.41, 5.74) is 6.64. The molecule has 5 nitrogen and oxygen atoms in total. The largest absolute Gasteiger partial charge is 0.352 e. The molecule has 0 aliphatic carbocycles. The Morgan fingerprint density at radius 3 is 2.52 bits per heavy atom. The molecule has 0 aromatic heterocycles. The molecule has 1 fully saturated rings. The first-order chi connectivity index (χ1) is 9.52. The quantitative estimate of drug-likeness (QED) is 0.877. The lowest BCUT2D eigenvalue weighted by molar-refractivity contribution is -0.146. The van der Waals surface area contributed by atoms with Gasteiger partial charge in [0.25, 0.3) is 0 Å². The fraction of sp³-hybridized carbons (Fsp3) is 0.467. The molecular weight excluding hydrogens is 290 g/mol. The molecule has 1 aromatic rings. The van der Waals surface area contributed by atoms with Crippen LogP contribution in [0.2, 0.25) is 0 Å². The number of piperazine rings is 1. The number of hydrogen-bond acceptors (Lipinski definition) is 3. The maximum Gasteiger partial charge on any atom is 0.247 e. The summed E-state index contributed by atoms with van der Waals surface area (Å²) < 4.78 is 0. The Bertz CT molecular complexity index is 493. The third kappa shape index (κ3) is 3.74. The van der Waals surface area contributed by atoms with Crippen LogP contribution in [-0.2, 0) is 9.59 Å². The average Bonchev–Trinajstić information content (AvgIpc) is 2.46. The van der Waals surface area contributed by atoms with E-state index >= 15 is 0 Å². The maximum absolute atomic E-state index is 12.5. The number of nitrogens with one attached hydrogen (secondary N) is 1. The van der Waals surface area contributed by atoms with Gasteiger partial charge in [-0.05, 0) is 12.5 Å². The van der Waals surface area contributed by atoms with E-state index in [9.17, 15) is 9.59 Å². The highest BCUT2D eigenvalue weighted by atomic mass is 35.5. The van der Waals surface area contributed by atoms with Crippen LogP contribution in [0.4, 0.5) is 0 Å². The molecule has 1 aliphatic rings. The molecule has 0 radical (unpaired) electrons. The van der Waals surface area contributed by atoms with E-state index in [-0.39, 0.29) is 36.2 Å². The minimum Gasteiger partial charge on any atom is -0.352 e. The molecule has 0 saturated carbocycles. The van der Waals surface area contributed by atoms with Gasteiger partial charge in [-0.1, -0.05) is 37.3 Å². The molecule has 1 aromatic carbocycles. The molecule has 1 heterocycles. The Morgan fingerprint density at radius 1 is 1.33 bits per heavy atom. The molecule has 21 heavy (non-hydrogen) atoms. The second-order valence-electron chi connectivity index (χ2n) is 5.28. The summed E-state index contributed by atoms with van der Waals surface area (Å²) in [6.07, 6.45) is 0. The van der Waals surface area contributed by atoms with Crippen LogP contribution in [0.1, 0.15) is 25.5 Å². The number of benzene rings is 1. The van der Waals surface area contributed by atoms with Gasteiger partial charge in [-0.25, -0.2) is 0 Å². The van der Waals surface area contributed by atoms with Gasteiger partial charge in [-0.3, -0.25) is 9.59 Å². The van der Waals surface area contributed by atoms with Crippen LogP contribution in [0.5, 0.6) is 0 Å². The number of hydrogen-bond donors (Lipinski definition) is 2. The zero-order chi connectivity index (χ0) is 14.7. The molecule has 2 amide bonds. The smallest absolute Gasteiger partial charge is 0.247 e. The van der Waals surface area contributed by atoms with Gasteiger partial charge in [0.05, 0.1) is 5.92 Å². The molecular formula is C15H22ClN3O2. The lowest BCUT2D eigenvalue weighted by Gasteiger charge is -2.37. The van der Waals surface area contributed by atoms with Crippen molar-refractivity contribution in [2.75, 3.05) is 13.1 Å². The number of carbonyl (C=O) groups is 2. The predicted molar refractivity (Wildman–Crippen MR) is 84.0 cm³/mol. The number of amides is 2. The van der Waals surface area contributed by atoms with E-state index in [1.807, 2.05) is 44.2 Å². The second kappa shape index (κ2) is 7.43. The van der Waals surface area contributed by atoms with Crippen LogP contribution < -0.4 is 11.1 Å². The molecule has 3 atom stereocenters. The van der Waals surface area contributed by atoms with E-state index in [0.29, 0.717) is 13.1 Å². The number of carbonyl (C=O) groups excluding carboxylic acids is 2. The fourth-order valence-electron chi connectivity index (χ4n) is 2.36. The van der Waals surface area contributed by atoms with Crippen molar-refractivity contribution < 1.29 is 9.59 Å². The van der Waals surface area contributed by atoms with Crippen LogP contribution in [-0.4, -0.2) is 35.8 Å². The maximum atomic E-state index is 12.5. The lowest BCUT2D eigenvalue weighted by atomic mass is 9.97. The molecule has 0 bridgehead atoms. The van der Waals surface area contributed by atoms with Crippen molar-refractivity contribution in [2.45, 2.75) is 25.9 Å². The van der Waals surface area contributed by atoms with Gasteiger partial charge in [-0.2, -0.15) is 0 Å². The van der Waals surface area contributed by atoms with Crippen LogP contribution >= 0.6 is 12.4 Å². The summed E-state index contributed by atoms with van der Waals surface area (Å²) in [4.78, 5) is 26.3. The molecule has 6 heteroatoms. The third-order valence-corrected chi connectivity index (χ3v) is 3.79. The van der Waals surface area contributed by atoms with Gasteiger partial charge in [-0.15, -0.1) is 12.4 Å². The van der Waals surface area contributed by atoms with Gasteiger partial charge < -0.3 is 16.0 Å². The normalized spacial score (nSPS) is 21.0. The second-order valence-corrected chi connectivity index (χ2v) is 5.28. The van der Waals surface area contributed by atoms with E-state index in [0.717, 1.165) is 5.56 Å². The van der Waals surface area contributed by atoms with E-state index in [1.165, 1.54) is 0 Å². The first kappa shape index (κ1) is 17.5. The molecule has 116 valence electrons. The summed E-state index contributed by atoms with van der Waals surface area (Å²) in [7, 11) is 0. The monoisotopic (exact) mass is 311 g/mol. The minimum atomic E-state index is -0.557. The number of nitrogens with two attached hydrogens (primary N) is 1. The Balaban J connectivity index is 0.00000220. The fourth-order valence-corrected chi connectivity index (χ4v) is 2.36. The number of rotatable bonds is 3. The first-order valence-electron chi connectivity index (χ1n) is 6.91. The van der Waals surface area contributed by atoms with Crippen molar-refractivity contribution in [3.8, 4) is 0 Å². The van der Waals surface area contributed by atoms with Gasteiger partial charge in [0.1, 0.15) is 6.04 Å². The first-order valence-corrected chi connectivity index (χ1v) is 6.91. The number of nitrogens with zero attached hydrogens (tertiary/aromatic N) is 1.